The molecule has 0 spiro atoms. The van der Waals surface area contributed by atoms with Gasteiger partial charge in [0, 0.05) is 18.3 Å². The number of hydrogen-bond acceptors (Lipinski definition) is 4. The number of carbonyl (C=O) groups excluding carboxylic acids is 1. The first-order chi connectivity index (χ1) is 13.0. The number of aryl methyl sites for hydroxylation is 3. The monoisotopic (exact) mass is 380 g/mol. The molecule has 140 valence electrons. The van der Waals surface area contributed by atoms with Crippen LogP contribution in [0.2, 0.25) is 0 Å². The summed E-state index contributed by atoms with van der Waals surface area (Å²) in [6, 6.07) is 14.2. The van der Waals surface area contributed by atoms with Crippen molar-refractivity contribution in [2.75, 3.05) is 11.1 Å². The van der Waals surface area contributed by atoms with Gasteiger partial charge >= 0.3 is 0 Å². The smallest absolute Gasteiger partial charge is 0.234 e. The zero-order valence-corrected chi connectivity index (χ0v) is 16.9. The molecule has 1 aromatic heterocycles. The largest absolute Gasteiger partial charge is 0.325 e. The number of thioether (sulfide) groups is 1. The lowest BCUT2D eigenvalue weighted by molar-refractivity contribution is -0.113. The van der Waals surface area contributed by atoms with Gasteiger partial charge < -0.3 is 9.88 Å². The van der Waals surface area contributed by atoms with Crippen LogP contribution >= 0.6 is 11.8 Å². The summed E-state index contributed by atoms with van der Waals surface area (Å²) in [5, 5.41) is 12.3. The van der Waals surface area contributed by atoms with Crippen molar-refractivity contribution in [2.45, 2.75) is 32.3 Å². The highest BCUT2D eigenvalue weighted by Crippen LogP contribution is 2.26. The molecule has 1 amide bonds. The Morgan fingerprint density at radius 1 is 1.07 bits per heavy atom. The summed E-state index contributed by atoms with van der Waals surface area (Å²) in [6.45, 7) is 6.16. The second-order valence-electron chi connectivity index (χ2n) is 6.48. The van der Waals surface area contributed by atoms with Crippen molar-refractivity contribution >= 4 is 23.4 Å². The number of carbonyl (C=O) groups is 1. The van der Waals surface area contributed by atoms with Crippen LogP contribution in [-0.2, 0) is 18.3 Å². The summed E-state index contributed by atoms with van der Waals surface area (Å²) in [6.07, 6.45) is 0.882. The van der Waals surface area contributed by atoms with Gasteiger partial charge in [-0.3, -0.25) is 4.79 Å². The Labute approximate surface area is 164 Å². The number of benzene rings is 2. The predicted octanol–water partition coefficient (Wildman–Crippen LogP) is 4.39. The molecular formula is C21H24N4OS. The van der Waals surface area contributed by atoms with E-state index in [1.807, 2.05) is 54.9 Å². The van der Waals surface area contributed by atoms with Crippen LogP contribution in [0.15, 0.2) is 47.6 Å². The molecule has 6 heteroatoms. The van der Waals surface area contributed by atoms with E-state index in [9.17, 15) is 4.79 Å². The van der Waals surface area contributed by atoms with Crippen LogP contribution in [0, 0.1) is 13.8 Å². The number of anilines is 1. The van der Waals surface area contributed by atoms with E-state index >= 15 is 0 Å². The highest BCUT2D eigenvalue weighted by atomic mass is 32.2. The molecule has 3 aromatic rings. The molecule has 0 saturated carbocycles. The number of para-hydroxylation sites is 1. The third kappa shape index (κ3) is 4.22. The summed E-state index contributed by atoms with van der Waals surface area (Å²) < 4.78 is 1.94. The standard InChI is InChI=1S/C21H24N4OS/c1-5-16-11-8-10-15(3)19(16)22-18(26)13-27-21-24-23-20(25(21)4)17-12-7-6-9-14(17)2/h6-12H,5,13H2,1-4H3,(H,22,26). The van der Waals surface area contributed by atoms with E-state index in [0.29, 0.717) is 0 Å². The van der Waals surface area contributed by atoms with Gasteiger partial charge in [-0.1, -0.05) is 61.2 Å². The summed E-state index contributed by atoms with van der Waals surface area (Å²) >= 11 is 1.39. The molecule has 0 atom stereocenters. The lowest BCUT2D eigenvalue weighted by Gasteiger charge is -2.12. The van der Waals surface area contributed by atoms with E-state index in [2.05, 4.69) is 35.4 Å². The fourth-order valence-corrected chi connectivity index (χ4v) is 3.72. The summed E-state index contributed by atoms with van der Waals surface area (Å²) in [5.41, 5.74) is 5.34. The number of nitrogens with zero attached hydrogens (tertiary/aromatic N) is 3. The topological polar surface area (TPSA) is 59.8 Å². The second-order valence-corrected chi connectivity index (χ2v) is 7.42. The third-order valence-corrected chi connectivity index (χ3v) is 5.58. The summed E-state index contributed by atoms with van der Waals surface area (Å²) in [5.74, 6) is 1.06. The molecule has 0 fully saturated rings. The first-order valence-electron chi connectivity index (χ1n) is 8.97. The Balaban J connectivity index is 1.70. The molecule has 27 heavy (non-hydrogen) atoms. The minimum atomic E-state index is -0.0376. The number of hydrogen-bond donors (Lipinski definition) is 1. The fraction of sp³-hybridized carbons (Fsp3) is 0.286. The van der Waals surface area contributed by atoms with Crippen LogP contribution in [0.3, 0.4) is 0 Å². The van der Waals surface area contributed by atoms with Crippen LogP contribution in [0.25, 0.3) is 11.4 Å². The minimum absolute atomic E-state index is 0.0376. The predicted molar refractivity (Wildman–Crippen MR) is 111 cm³/mol. The SMILES string of the molecule is CCc1cccc(C)c1NC(=O)CSc1nnc(-c2ccccc2C)n1C. The van der Waals surface area contributed by atoms with Gasteiger partial charge in [0.25, 0.3) is 0 Å². The Bertz CT molecular complexity index is 965. The van der Waals surface area contributed by atoms with Gasteiger partial charge in [0.05, 0.1) is 5.75 Å². The molecule has 0 radical (unpaired) electrons. The Morgan fingerprint density at radius 3 is 2.56 bits per heavy atom. The van der Waals surface area contributed by atoms with Crippen molar-refractivity contribution in [3.05, 3.63) is 59.2 Å². The zero-order valence-electron chi connectivity index (χ0n) is 16.1. The van der Waals surface area contributed by atoms with E-state index < -0.39 is 0 Å². The van der Waals surface area contributed by atoms with Crippen molar-refractivity contribution in [1.29, 1.82) is 0 Å². The molecule has 0 aliphatic carbocycles. The van der Waals surface area contributed by atoms with Crippen molar-refractivity contribution < 1.29 is 4.79 Å². The van der Waals surface area contributed by atoms with Crippen molar-refractivity contribution in [3.8, 4) is 11.4 Å². The highest BCUT2D eigenvalue weighted by molar-refractivity contribution is 7.99. The molecule has 0 aliphatic rings. The molecule has 0 bridgehead atoms. The molecule has 3 rings (SSSR count). The number of aromatic nitrogens is 3. The zero-order chi connectivity index (χ0) is 19.4. The van der Waals surface area contributed by atoms with Crippen LogP contribution in [-0.4, -0.2) is 26.4 Å². The van der Waals surface area contributed by atoms with E-state index in [-0.39, 0.29) is 11.7 Å². The van der Waals surface area contributed by atoms with E-state index in [4.69, 9.17) is 0 Å². The van der Waals surface area contributed by atoms with Crippen LogP contribution in [0.5, 0.6) is 0 Å². The van der Waals surface area contributed by atoms with E-state index in [0.717, 1.165) is 45.3 Å². The van der Waals surface area contributed by atoms with E-state index in [1.165, 1.54) is 11.8 Å². The maximum absolute atomic E-state index is 12.5. The van der Waals surface area contributed by atoms with Crippen molar-refractivity contribution in [2.24, 2.45) is 7.05 Å². The van der Waals surface area contributed by atoms with Crippen LogP contribution in [0.4, 0.5) is 5.69 Å². The second kappa shape index (κ2) is 8.39. The van der Waals surface area contributed by atoms with Crippen molar-refractivity contribution in [3.63, 3.8) is 0 Å². The minimum Gasteiger partial charge on any atom is -0.325 e. The van der Waals surface area contributed by atoms with Gasteiger partial charge in [0.15, 0.2) is 11.0 Å². The quantitative estimate of drug-likeness (QED) is 0.644. The summed E-state index contributed by atoms with van der Waals surface area (Å²) in [7, 11) is 1.93. The van der Waals surface area contributed by atoms with Gasteiger partial charge in [-0.25, -0.2) is 0 Å². The highest BCUT2D eigenvalue weighted by Gasteiger charge is 2.15. The van der Waals surface area contributed by atoms with Crippen LogP contribution in [0.1, 0.15) is 23.6 Å². The molecule has 1 heterocycles. The lowest BCUT2D eigenvalue weighted by Crippen LogP contribution is -2.16. The third-order valence-electron chi connectivity index (χ3n) is 4.56. The number of nitrogens with one attached hydrogen (secondary N) is 1. The molecular weight excluding hydrogens is 356 g/mol. The number of amides is 1. The normalized spacial score (nSPS) is 10.8. The molecule has 2 aromatic carbocycles. The van der Waals surface area contributed by atoms with Gasteiger partial charge in [-0.05, 0) is 37.0 Å². The first kappa shape index (κ1) is 19.2. The molecule has 0 unspecified atom stereocenters. The molecule has 1 N–H and O–H groups in total. The number of rotatable bonds is 6. The van der Waals surface area contributed by atoms with Crippen LogP contribution < -0.4 is 5.32 Å². The average molecular weight is 381 g/mol. The molecule has 0 aliphatic heterocycles. The lowest BCUT2D eigenvalue weighted by atomic mass is 10.1. The molecule has 5 nitrogen and oxygen atoms in total. The Hall–Kier alpha value is -2.60. The average Bonchev–Trinajstić information content (AvgIpc) is 3.02. The first-order valence-corrected chi connectivity index (χ1v) is 9.96. The van der Waals surface area contributed by atoms with Gasteiger partial charge in [-0.2, -0.15) is 0 Å². The summed E-state index contributed by atoms with van der Waals surface area (Å²) in [4.78, 5) is 12.5. The van der Waals surface area contributed by atoms with Crippen molar-refractivity contribution in [1.82, 2.24) is 14.8 Å². The van der Waals surface area contributed by atoms with Gasteiger partial charge in [-0.15, -0.1) is 10.2 Å². The maximum atomic E-state index is 12.5. The van der Waals surface area contributed by atoms with Gasteiger partial charge in [0.1, 0.15) is 0 Å². The van der Waals surface area contributed by atoms with E-state index in [1.54, 1.807) is 0 Å². The maximum Gasteiger partial charge on any atom is 0.234 e. The molecule has 0 saturated heterocycles. The Morgan fingerprint density at radius 2 is 1.81 bits per heavy atom. The Kier molecular flexibility index (Phi) is 5.96. The fourth-order valence-electron chi connectivity index (χ4n) is 3.01. The van der Waals surface area contributed by atoms with Gasteiger partial charge in [0.2, 0.25) is 5.91 Å².